The van der Waals surface area contributed by atoms with Crippen molar-refractivity contribution >= 4 is 28.4 Å². The summed E-state index contributed by atoms with van der Waals surface area (Å²) in [7, 11) is 1.59. The SMILES string of the molecule is CCOC(=O)c1ccn(-c2ccc3c4c(cccc24)C(=C=O)N(Cc2ccc(OC)cc2)C3)c1C(F)(F)F. The minimum atomic E-state index is -4.81. The van der Waals surface area contributed by atoms with Gasteiger partial charge in [0.05, 0.1) is 25.0 Å². The molecule has 194 valence electrons. The minimum Gasteiger partial charge on any atom is -0.497 e. The Hall–Kier alpha value is -4.49. The fourth-order valence-corrected chi connectivity index (χ4v) is 4.96. The summed E-state index contributed by atoms with van der Waals surface area (Å²) in [6, 6.07) is 17.1. The zero-order chi connectivity index (χ0) is 27.0. The number of nitrogens with zero attached hydrogens (tertiary/aromatic N) is 2. The lowest BCUT2D eigenvalue weighted by Gasteiger charge is -2.32. The summed E-state index contributed by atoms with van der Waals surface area (Å²) in [5, 5.41) is 1.20. The van der Waals surface area contributed by atoms with Crippen LogP contribution in [-0.2, 0) is 28.8 Å². The smallest absolute Gasteiger partial charge is 0.432 e. The van der Waals surface area contributed by atoms with Crippen molar-refractivity contribution < 1.29 is 32.2 Å². The van der Waals surface area contributed by atoms with Crippen molar-refractivity contribution in [3.63, 3.8) is 0 Å². The molecule has 1 aliphatic rings. The highest BCUT2D eigenvalue weighted by Gasteiger charge is 2.40. The van der Waals surface area contributed by atoms with Gasteiger partial charge in [-0.2, -0.15) is 13.2 Å². The molecule has 1 aliphatic heterocycles. The first kappa shape index (κ1) is 25.2. The Bertz CT molecular complexity index is 1580. The fraction of sp³-hybridized carbons (Fsp3) is 0.207. The summed E-state index contributed by atoms with van der Waals surface area (Å²) in [5.41, 5.74) is 1.30. The van der Waals surface area contributed by atoms with E-state index in [2.05, 4.69) is 0 Å². The largest absolute Gasteiger partial charge is 0.497 e. The number of carbonyl (C=O) groups excluding carboxylic acids is 2. The molecule has 0 bridgehead atoms. The van der Waals surface area contributed by atoms with Gasteiger partial charge >= 0.3 is 12.1 Å². The lowest BCUT2D eigenvalue weighted by Crippen LogP contribution is -2.26. The summed E-state index contributed by atoms with van der Waals surface area (Å²) in [5.74, 6) is 1.72. The van der Waals surface area contributed by atoms with Gasteiger partial charge in [-0.25, -0.2) is 9.59 Å². The van der Waals surface area contributed by atoms with Crippen molar-refractivity contribution in [2.45, 2.75) is 26.2 Å². The van der Waals surface area contributed by atoms with E-state index in [1.165, 1.54) is 13.1 Å². The molecule has 6 nitrogen and oxygen atoms in total. The topological polar surface area (TPSA) is 60.8 Å². The van der Waals surface area contributed by atoms with Gasteiger partial charge in [0, 0.05) is 30.2 Å². The maximum absolute atomic E-state index is 14.2. The van der Waals surface area contributed by atoms with E-state index < -0.39 is 23.4 Å². The molecule has 4 aromatic rings. The van der Waals surface area contributed by atoms with Crippen LogP contribution in [0.2, 0.25) is 0 Å². The first-order chi connectivity index (χ1) is 18.3. The molecule has 0 saturated heterocycles. The molecule has 0 unspecified atom stereocenters. The van der Waals surface area contributed by atoms with Crippen molar-refractivity contribution in [2.24, 2.45) is 0 Å². The Morgan fingerprint density at radius 1 is 1.05 bits per heavy atom. The van der Waals surface area contributed by atoms with Gasteiger partial charge in [-0.15, -0.1) is 0 Å². The Kier molecular flexibility index (Phi) is 6.46. The van der Waals surface area contributed by atoms with Crippen molar-refractivity contribution in [1.82, 2.24) is 9.47 Å². The number of carbonyl (C=O) groups is 1. The standard InChI is InChI=1S/C29H23F3N2O4/c1-3-38-28(36)23-13-14-34(27(23)29(30,31)32)24-12-9-19-16-33(15-18-7-10-20(37-2)11-8-18)25(17-35)22-6-4-5-21(24)26(19)22/h4-14H,3,15-16H2,1-2H3. The number of benzene rings is 3. The van der Waals surface area contributed by atoms with Crippen LogP contribution in [0.4, 0.5) is 13.2 Å². The van der Waals surface area contributed by atoms with Gasteiger partial charge in [-0.3, -0.25) is 0 Å². The average Bonchev–Trinajstić information content (AvgIpc) is 3.36. The number of hydrogen-bond donors (Lipinski definition) is 0. The maximum Gasteiger partial charge on any atom is 0.432 e. The van der Waals surface area contributed by atoms with Crippen LogP contribution in [0, 0.1) is 0 Å². The monoisotopic (exact) mass is 520 g/mol. The summed E-state index contributed by atoms with van der Waals surface area (Å²) in [4.78, 5) is 26.3. The van der Waals surface area contributed by atoms with E-state index in [4.69, 9.17) is 9.47 Å². The number of halogens is 3. The lowest BCUT2D eigenvalue weighted by atomic mass is 9.92. The molecule has 0 saturated carbocycles. The van der Waals surface area contributed by atoms with Gasteiger partial charge < -0.3 is 18.9 Å². The molecule has 2 heterocycles. The van der Waals surface area contributed by atoms with E-state index in [0.29, 0.717) is 35.1 Å². The number of alkyl halides is 3. The van der Waals surface area contributed by atoms with Crippen LogP contribution in [0.1, 0.15) is 39.7 Å². The van der Waals surface area contributed by atoms with Crippen LogP contribution in [0.3, 0.4) is 0 Å². The highest BCUT2D eigenvalue weighted by atomic mass is 19.4. The summed E-state index contributed by atoms with van der Waals surface area (Å²) >= 11 is 0. The number of aromatic nitrogens is 1. The molecule has 1 aromatic heterocycles. The quantitative estimate of drug-likeness (QED) is 0.230. The molecule has 38 heavy (non-hydrogen) atoms. The Balaban J connectivity index is 1.62. The van der Waals surface area contributed by atoms with Crippen molar-refractivity contribution in [3.05, 3.63) is 94.8 Å². The number of hydrogen-bond acceptors (Lipinski definition) is 5. The Labute approximate surface area is 216 Å². The molecule has 0 amide bonds. The Morgan fingerprint density at radius 2 is 1.82 bits per heavy atom. The zero-order valence-corrected chi connectivity index (χ0v) is 20.6. The van der Waals surface area contributed by atoms with Crippen LogP contribution in [0.5, 0.6) is 5.75 Å². The van der Waals surface area contributed by atoms with Crippen molar-refractivity contribution in [1.29, 1.82) is 0 Å². The van der Waals surface area contributed by atoms with Gasteiger partial charge in [0.15, 0.2) is 5.94 Å². The Morgan fingerprint density at radius 3 is 2.47 bits per heavy atom. The maximum atomic E-state index is 14.2. The van der Waals surface area contributed by atoms with Crippen molar-refractivity contribution in [3.8, 4) is 11.4 Å². The number of rotatable bonds is 6. The van der Waals surface area contributed by atoms with Crippen LogP contribution >= 0.6 is 0 Å². The van der Waals surface area contributed by atoms with E-state index in [9.17, 15) is 22.8 Å². The molecular weight excluding hydrogens is 497 g/mol. The van der Waals surface area contributed by atoms with Gasteiger partial charge in [0.1, 0.15) is 17.1 Å². The highest BCUT2D eigenvalue weighted by Crippen LogP contribution is 2.41. The molecule has 5 rings (SSSR count). The number of esters is 1. The first-order valence-corrected chi connectivity index (χ1v) is 11.9. The molecule has 0 aliphatic carbocycles. The second-order valence-electron chi connectivity index (χ2n) is 8.79. The second kappa shape index (κ2) is 9.76. The van der Waals surface area contributed by atoms with Crippen LogP contribution in [0.15, 0.2) is 66.9 Å². The normalized spacial score (nSPS) is 13.0. The third-order valence-electron chi connectivity index (χ3n) is 6.58. The van der Waals surface area contributed by atoms with E-state index in [-0.39, 0.29) is 12.3 Å². The predicted molar refractivity (Wildman–Crippen MR) is 136 cm³/mol. The number of methoxy groups -OCH3 is 1. The van der Waals surface area contributed by atoms with Gasteiger partial charge in [0.25, 0.3) is 0 Å². The second-order valence-corrected chi connectivity index (χ2v) is 8.79. The summed E-state index contributed by atoms with van der Waals surface area (Å²) in [6.07, 6.45) is -3.59. The molecule has 3 aromatic carbocycles. The van der Waals surface area contributed by atoms with E-state index in [1.807, 2.05) is 35.1 Å². The third kappa shape index (κ3) is 4.31. The first-order valence-electron chi connectivity index (χ1n) is 11.9. The zero-order valence-electron chi connectivity index (χ0n) is 20.6. The van der Waals surface area contributed by atoms with Gasteiger partial charge in [-0.1, -0.05) is 36.4 Å². The molecular formula is C29H23F3N2O4. The fourth-order valence-electron chi connectivity index (χ4n) is 4.96. The molecule has 0 fully saturated rings. The van der Waals surface area contributed by atoms with E-state index >= 15 is 0 Å². The molecule has 0 spiro atoms. The molecule has 0 radical (unpaired) electrons. The molecule has 0 N–H and O–H groups in total. The van der Waals surface area contributed by atoms with Gasteiger partial charge in [0.2, 0.25) is 0 Å². The van der Waals surface area contributed by atoms with Crippen LogP contribution in [0.25, 0.3) is 22.2 Å². The lowest BCUT2D eigenvalue weighted by molar-refractivity contribution is -0.142. The van der Waals surface area contributed by atoms with Crippen LogP contribution < -0.4 is 4.74 Å². The highest BCUT2D eigenvalue weighted by molar-refractivity contribution is 6.06. The summed E-state index contributed by atoms with van der Waals surface area (Å²) in [6.45, 7) is 2.29. The van der Waals surface area contributed by atoms with E-state index in [0.717, 1.165) is 27.5 Å². The van der Waals surface area contributed by atoms with Crippen LogP contribution in [-0.4, -0.2) is 35.1 Å². The minimum absolute atomic E-state index is 0.0455. The van der Waals surface area contributed by atoms with Crippen molar-refractivity contribution in [2.75, 3.05) is 13.7 Å². The predicted octanol–water partition coefficient (Wildman–Crippen LogP) is 6.02. The average molecular weight is 521 g/mol. The van der Waals surface area contributed by atoms with Gasteiger partial charge in [-0.05, 0) is 47.7 Å². The van der Waals surface area contributed by atoms with E-state index in [1.54, 1.807) is 37.4 Å². The molecule has 9 heteroatoms. The third-order valence-corrected chi connectivity index (χ3v) is 6.58. The molecule has 0 atom stereocenters. The number of ether oxygens (including phenoxy) is 2. The summed E-state index contributed by atoms with van der Waals surface area (Å²) < 4.78 is 53.6.